The number of carbonyl (C=O) groups is 1. The lowest BCUT2D eigenvalue weighted by Crippen LogP contribution is -2.23. The Morgan fingerprint density at radius 3 is 2.78 bits per heavy atom. The van der Waals surface area contributed by atoms with Crippen molar-refractivity contribution >= 4 is 57.9 Å². The monoisotopic (exact) mass is 474 g/mol. The molecule has 3 N–H and O–H groups in total. The molecule has 0 spiro atoms. The van der Waals surface area contributed by atoms with E-state index in [2.05, 4.69) is 30.5 Å². The quantitative estimate of drug-likeness (QED) is 0.244. The fraction of sp³-hybridized carbons (Fsp3) is 0.0556. The van der Waals surface area contributed by atoms with Crippen LogP contribution in [-0.2, 0) is 11.3 Å². The number of hydrogen-bond acceptors (Lipinski definition) is 9. The van der Waals surface area contributed by atoms with Gasteiger partial charge in [0.15, 0.2) is 17.3 Å². The maximum atomic E-state index is 12.5. The third-order valence-electron chi connectivity index (χ3n) is 4.34. The summed E-state index contributed by atoms with van der Waals surface area (Å²) >= 11 is 11.8. The number of imidazole rings is 1. The van der Waals surface area contributed by atoms with Crippen molar-refractivity contribution in [1.82, 2.24) is 25.3 Å². The van der Waals surface area contributed by atoms with Crippen molar-refractivity contribution in [2.24, 2.45) is 5.10 Å². The number of hydrazone groups is 1. The first kappa shape index (κ1) is 21.2. The first-order valence-corrected chi connectivity index (χ1v) is 9.59. The Kier molecular flexibility index (Phi) is 5.71. The minimum Gasteiger partial charge on any atom is -0.379 e. The lowest BCUT2D eigenvalue weighted by Gasteiger charge is -2.07. The summed E-state index contributed by atoms with van der Waals surface area (Å²) in [5, 5.41) is 22.2. The van der Waals surface area contributed by atoms with E-state index in [-0.39, 0.29) is 39.4 Å². The molecule has 2 heterocycles. The number of benzene rings is 2. The highest BCUT2D eigenvalue weighted by Crippen LogP contribution is 2.30. The Balaban J connectivity index is 1.58. The molecule has 0 saturated carbocycles. The maximum absolute atomic E-state index is 12.5. The number of halogens is 2. The molecule has 2 aromatic heterocycles. The standard InChI is InChI=1S/C18H12Cl2N8O4/c19-10-6-11(20)14(28(30)31)5-9(10)7-22-24-15(29)8-27-13-4-2-1-3-12(13)23-18(27)16-17(21)26-32-25-16/h1-7H,8H2,(H2,21,26)(H,24,29). The molecule has 0 radical (unpaired) electrons. The highest BCUT2D eigenvalue weighted by atomic mass is 35.5. The van der Waals surface area contributed by atoms with Gasteiger partial charge in [-0.15, -0.1) is 0 Å². The summed E-state index contributed by atoms with van der Waals surface area (Å²) in [7, 11) is 0. The summed E-state index contributed by atoms with van der Waals surface area (Å²) in [6.45, 7) is -0.187. The van der Waals surface area contributed by atoms with Crippen molar-refractivity contribution in [2.75, 3.05) is 5.73 Å². The number of aromatic nitrogens is 4. The van der Waals surface area contributed by atoms with E-state index in [1.165, 1.54) is 12.3 Å². The van der Waals surface area contributed by atoms with Gasteiger partial charge in [-0.2, -0.15) is 5.10 Å². The van der Waals surface area contributed by atoms with Gasteiger partial charge in [-0.25, -0.2) is 15.0 Å². The van der Waals surface area contributed by atoms with E-state index >= 15 is 0 Å². The predicted octanol–water partition coefficient (Wildman–Crippen LogP) is 3.03. The van der Waals surface area contributed by atoms with E-state index in [0.29, 0.717) is 16.9 Å². The summed E-state index contributed by atoms with van der Waals surface area (Å²) in [5.41, 5.74) is 9.45. The molecule has 12 nitrogen and oxygen atoms in total. The van der Waals surface area contributed by atoms with Crippen molar-refractivity contribution < 1.29 is 14.3 Å². The topological polar surface area (TPSA) is 167 Å². The van der Waals surface area contributed by atoms with Gasteiger partial charge >= 0.3 is 0 Å². The number of nitrogens with one attached hydrogen (secondary N) is 1. The smallest absolute Gasteiger partial charge is 0.288 e. The molecule has 162 valence electrons. The van der Waals surface area contributed by atoms with E-state index < -0.39 is 10.8 Å². The van der Waals surface area contributed by atoms with E-state index in [9.17, 15) is 14.9 Å². The molecule has 0 aliphatic rings. The number of nitrogens with zero attached hydrogens (tertiary/aromatic N) is 6. The maximum Gasteiger partial charge on any atom is 0.288 e. The van der Waals surface area contributed by atoms with Crippen molar-refractivity contribution in [3.63, 3.8) is 0 Å². The van der Waals surface area contributed by atoms with Crippen LogP contribution in [0.4, 0.5) is 11.5 Å². The third kappa shape index (κ3) is 4.08. The van der Waals surface area contributed by atoms with E-state index in [1.54, 1.807) is 28.8 Å². The first-order chi connectivity index (χ1) is 15.3. The second-order valence-electron chi connectivity index (χ2n) is 6.38. The number of rotatable bonds is 6. The fourth-order valence-corrected chi connectivity index (χ4v) is 3.41. The Bertz CT molecular complexity index is 1380. The number of carbonyl (C=O) groups excluding carboxylic acids is 1. The number of nitro groups is 1. The molecule has 0 fully saturated rings. The van der Waals surface area contributed by atoms with Gasteiger partial charge in [0.1, 0.15) is 11.6 Å². The molecule has 4 aromatic rings. The molecule has 14 heteroatoms. The number of nitrogen functional groups attached to an aromatic ring is 1. The van der Waals surface area contributed by atoms with Gasteiger partial charge in [0.05, 0.1) is 27.2 Å². The van der Waals surface area contributed by atoms with E-state index in [0.717, 1.165) is 6.07 Å². The summed E-state index contributed by atoms with van der Waals surface area (Å²) in [6.07, 6.45) is 1.18. The van der Waals surface area contributed by atoms with E-state index in [1.807, 2.05) is 0 Å². The van der Waals surface area contributed by atoms with Crippen LogP contribution in [-0.4, -0.2) is 36.9 Å². The number of para-hydroxylation sites is 2. The average Bonchev–Trinajstić information content (AvgIpc) is 3.32. The lowest BCUT2D eigenvalue weighted by molar-refractivity contribution is -0.384. The van der Waals surface area contributed by atoms with Gasteiger partial charge in [0, 0.05) is 11.6 Å². The van der Waals surface area contributed by atoms with Crippen LogP contribution in [0, 0.1) is 10.1 Å². The fourth-order valence-electron chi connectivity index (χ4n) is 2.91. The molecular weight excluding hydrogens is 463 g/mol. The first-order valence-electron chi connectivity index (χ1n) is 8.84. The zero-order valence-electron chi connectivity index (χ0n) is 15.9. The third-order valence-corrected chi connectivity index (χ3v) is 4.97. The van der Waals surface area contributed by atoms with Crippen LogP contribution < -0.4 is 11.2 Å². The molecule has 0 saturated heterocycles. The van der Waals surface area contributed by atoms with Crippen molar-refractivity contribution in [3.8, 4) is 11.5 Å². The van der Waals surface area contributed by atoms with Crippen molar-refractivity contribution in [2.45, 2.75) is 6.54 Å². The normalized spacial score (nSPS) is 11.3. The Labute approximate surface area is 188 Å². The number of anilines is 1. The number of nitrogens with two attached hydrogens (primary N) is 1. The minimum absolute atomic E-state index is 0.0268. The second kappa shape index (κ2) is 8.61. The summed E-state index contributed by atoms with van der Waals surface area (Å²) in [6, 6.07) is 9.52. The predicted molar refractivity (Wildman–Crippen MR) is 116 cm³/mol. The van der Waals surface area contributed by atoms with Gasteiger partial charge < -0.3 is 10.3 Å². The van der Waals surface area contributed by atoms with Crippen LogP contribution in [0.1, 0.15) is 5.56 Å². The SMILES string of the molecule is Nc1nonc1-c1nc2ccccc2n1CC(=O)NN=Cc1cc([N+](=O)[O-])c(Cl)cc1Cl. The van der Waals surface area contributed by atoms with Crippen molar-refractivity contribution in [1.29, 1.82) is 0 Å². The van der Waals surface area contributed by atoms with Crippen LogP contribution in [0.3, 0.4) is 0 Å². The highest BCUT2D eigenvalue weighted by molar-refractivity contribution is 6.37. The minimum atomic E-state index is -0.648. The zero-order valence-corrected chi connectivity index (χ0v) is 17.4. The molecule has 0 aliphatic carbocycles. The molecule has 4 rings (SSSR count). The lowest BCUT2D eigenvalue weighted by atomic mass is 10.2. The molecular formula is C18H12Cl2N8O4. The van der Waals surface area contributed by atoms with Gasteiger partial charge in [0.25, 0.3) is 11.6 Å². The van der Waals surface area contributed by atoms with Crippen LogP contribution in [0.2, 0.25) is 10.0 Å². The summed E-state index contributed by atoms with van der Waals surface area (Å²) in [4.78, 5) is 27.4. The van der Waals surface area contributed by atoms with Crippen LogP contribution >= 0.6 is 23.2 Å². The van der Waals surface area contributed by atoms with Crippen LogP contribution in [0.5, 0.6) is 0 Å². The van der Waals surface area contributed by atoms with Gasteiger partial charge in [-0.1, -0.05) is 35.3 Å². The molecule has 2 aromatic carbocycles. The second-order valence-corrected chi connectivity index (χ2v) is 7.20. The molecule has 0 atom stereocenters. The van der Waals surface area contributed by atoms with E-state index in [4.69, 9.17) is 28.9 Å². The number of amides is 1. The summed E-state index contributed by atoms with van der Waals surface area (Å²) < 4.78 is 6.22. The molecule has 0 aliphatic heterocycles. The zero-order chi connectivity index (χ0) is 22.8. The number of hydrogen-bond donors (Lipinski definition) is 2. The number of nitro benzene ring substituents is 1. The number of fused-ring (bicyclic) bond motifs is 1. The molecule has 0 unspecified atom stereocenters. The Morgan fingerprint density at radius 1 is 1.28 bits per heavy atom. The Morgan fingerprint density at radius 2 is 2.06 bits per heavy atom. The summed E-state index contributed by atoms with van der Waals surface area (Å²) in [5.74, 6) is -0.195. The highest BCUT2D eigenvalue weighted by Gasteiger charge is 2.20. The van der Waals surface area contributed by atoms with Crippen LogP contribution in [0.25, 0.3) is 22.6 Å². The Hall–Kier alpha value is -4.03. The van der Waals surface area contributed by atoms with Crippen molar-refractivity contribution in [3.05, 3.63) is 62.1 Å². The van der Waals surface area contributed by atoms with Gasteiger partial charge in [0.2, 0.25) is 0 Å². The van der Waals surface area contributed by atoms with Gasteiger partial charge in [-0.3, -0.25) is 14.9 Å². The molecule has 1 amide bonds. The average molecular weight is 475 g/mol. The molecule has 0 bridgehead atoms. The largest absolute Gasteiger partial charge is 0.379 e. The van der Waals surface area contributed by atoms with Gasteiger partial charge in [-0.05, 0) is 28.5 Å². The molecule has 32 heavy (non-hydrogen) atoms. The van der Waals surface area contributed by atoms with Crippen LogP contribution in [0.15, 0.2) is 46.1 Å².